The summed E-state index contributed by atoms with van der Waals surface area (Å²) in [6.45, 7) is 5.00. The first-order valence-electron chi connectivity index (χ1n) is 6.04. The van der Waals surface area contributed by atoms with Crippen LogP contribution in [0.3, 0.4) is 0 Å². The molecule has 0 bridgehead atoms. The normalized spacial score (nSPS) is 21.7. The van der Waals surface area contributed by atoms with Gasteiger partial charge >= 0.3 is 0 Å². The Bertz CT molecular complexity index is 440. The van der Waals surface area contributed by atoms with Crippen LogP contribution in [0.1, 0.15) is 23.7 Å². The van der Waals surface area contributed by atoms with E-state index in [2.05, 4.69) is 33.7 Å². The molecule has 1 saturated heterocycles. The SMILES string of the molecule is CC1CN(C)CCCN1c1ncnc(Cl)c1C=O. The van der Waals surface area contributed by atoms with Crippen molar-refractivity contribution in [2.24, 2.45) is 0 Å². The minimum Gasteiger partial charge on any atom is -0.352 e. The van der Waals surface area contributed by atoms with Gasteiger partial charge in [-0.05, 0) is 26.9 Å². The van der Waals surface area contributed by atoms with Crippen LogP contribution in [0.4, 0.5) is 5.82 Å². The maximum Gasteiger partial charge on any atom is 0.156 e. The van der Waals surface area contributed by atoms with E-state index < -0.39 is 0 Å². The summed E-state index contributed by atoms with van der Waals surface area (Å²) in [6.07, 6.45) is 3.19. The van der Waals surface area contributed by atoms with Crippen molar-refractivity contribution in [2.45, 2.75) is 19.4 Å². The third kappa shape index (κ3) is 2.62. The number of carbonyl (C=O) groups is 1. The lowest BCUT2D eigenvalue weighted by molar-refractivity contribution is 0.112. The maximum absolute atomic E-state index is 11.1. The van der Waals surface area contributed by atoms with E-state index in [0.717, 1.165) is 32.3 Å². The Morgan fingerprint density at radius 3 is 2.94 bits per heavy atom. The van der Waals surface area contributed by atoms with Gasteiger partial charge in [-0.2, -0.15) is 0 Å². The second-order valence-corrected chi connectivity index (χ2v) is 5.04. The quantitative estimate of drug-likeness (QED) is 0.601. The molecule has 1 fully saturated rings. The number of hydrogen-bond acceptors (Lipinski definition) is 5. The van der Waals surface area contributed by atoms with Crippen molar-refractivity contribution >= 4 is 23.7 Å². The Morgan fingerprint density at radius 2 is 2.22 bits per heavy atom. The second-order valence-electron chi connectivity index (χ2n) is 4.68. The molecule has 0 N–H and O–H groups in total. The smallest absolute Gasteiger partial charge is 0.156 e. The zero-order valence-electron chi connectivity index (χ0n) is 10.6. The molecule has 98 valence electrons. The number of aromatic nitrogens is 2. The number of nitrogens with zero attached hydrogens (tertiary/aromatic N) is 4. The standard InChI is InChI=1S/C12H17ClN4O/c1-9-6-16(2)4-3-5-17(9)12-10(7-18)11(13)14-8-15-12/h7-9H,3-6H2,1-2H3. The molecule has 0 saturated carbocycles. The molecule has 18 heavy (non-hydrogen) atoms. The van der Waals surface area contributed by atoms with Gasteiger partial charge in [-0.3, -0.25) is 4.79 Å². The van der Waals surface area contributed by atoms with Crippen molar-refractivity contribution in [1.29, 1.82) is 0 Å². The monoisotopic (exact) mass is 268 g/mol. The van der Waals surface area contributed by atoms with Crippen molar-refractivity contribution < 1.29 is 4.79 Å². The number of carbonyl (C=O) groups excluding carboxylic acids is 1. The van der Waals surface area contributed by atoms with E-state index in [4.69, 9.17) is 11.6 Å². The fourth-order valence-corrected chi connectivity index (χ4v) is 2.56. The summed E-state index contributed by atoms with van der Waals surface area (Å²) in [7, 11) is 2.10. The van der Waals surface area contributed by atoms with Crippen LogP contribution in [0, 0.1) is 0 Å². The molecule has 1 atom stereocenters. The average molecular weight is 269 g/mol. The molecule has 0 spiro atoms. The lowest BCUT2D eigenvalue weighted by Crippen LogP contribution is -2.39. The molecule has 0 aliphatic carbocycles. The minimum atomic E-state index is 0.222. The zero-order chi connectivity index (χ0) is 13.1. The molecule has 5 nitrogen and oxygen atoms in total. The van der Waals surface area contributed by atoms with Gasteiger partial charge in [0.2, 0.25) is 0 Å². The van der Waals surface area contributed by atoms with Gasteiger partial charge < -0.3 is 9.80 Å². The number of halogens is 1. The Kier molecular flexibility index (Phi) is 4.14. The first-order chi connectivity index (χ1) is 8.63. The molecule has 0 aromatic carbocycles. The molecular weight excluding hydrogens is 252 g/mol. The number of aldehydes is 1. The Hall–Kier alpha value is -1.20. The topological polar surface area (TPSA) is 49.3 Å². The molecule has 1 aliphatic heterocycles. The van der Waals surface area contributed by atoms with Crippen LogP contribution in [0.25, 0.3) is 0 Å². The van der Waals surface area contributed by atoms with Crippen molar-refractivity contribution in [3.05, 3.63) is 17.0 Å². The van der Waals surface area contributed by atoms with Crippen LogP contribution in [0.5, 0.6) is 0 Å². The van der Waals surface area contributed by atoms with E-state index in [-0.39, 0.29) is 5.15 Å². The van der Waals surface area contributed by atoms with Gasteiger partial charge in [-0.25, -0.2) is 9.97 Å². The highest BCUT2D eigenvalue weighted by Crippen LogP contribution is 2.24. The van der Waals surface area contributed by atoms with Gasteiger partial charge in [0.1, 0.15) is 17.3 Å². The lowest BCUT2D eigenvalue weighted by Gasteiger charge is -2.29. The molecule has 0 amide bonds. The van der Waals surface area contributed by atoms with Crippen molar-refractivity contribution in [1.82, 2.24) is 14.9 Å². The van der Waals surface area contributed by atoms with Crippen LogP contribution in [0.15, 0.2) is 6.33 Å². The fourth-order valence-electron chi connectivity index (χ4n) is 2.38. The van der Waals surface area contributed by atoms with Crippen molar-refractivity contribution in [3.8, 4) is 0 Å². The zero-order valence-corrected chi connectivity index (χ0v) is 11.4. The highest BCUT2D eigenvalue weighted by Gasteiger charge is 2.24. The summed E-state index contributed by atoms with van der Waals surface area (Å²) in [5.74, 6) is 0.646. The summed E-state index contributed by atoms with van der Waals surface area (Å²) in [6, 6.07) is 0.294. The molecule has 1 aromatic rings. The molecule has 1 aromatic heterocycles. The minimum absolute atomic E-state index is 0.222. The number of anilines is 1. The van der Waals surface area contributed by atoms with E-state index in [1.807, 2.05) is 0 Å². The van der Waals surface area contributed by atoms with Crippen LogP contribution in [0.2, 0.25) is 5.15 Å². The van der Waals surface area contributed by atoms with Crippen molar-refractivity contribution in [2.75, 3.05) is 31.6 Å². The highest BCUT2D eigenvalue weighted by molar-refractivity contribution is 6.32. The second kappa shape index (κ2) is 5.63. The van der Waals surface area contributed by atoms with Crippen LogP contribution in [-0.4, -0.2) is 53.9 Å². The molecule has 0 radical (unpaired) electrons. The largest absolute Gasteiger partial charge is 0.352 e. The summed E-state index contributed by atoms with van der Waals surface area (Å²) in [4.78, 5) is 23.7. The first kappa shape index (κ1) is 13.2. The highest BCUT2D eigenvalue weighted by atomic mass is 35.5. The Labute approximate surface area is 112 Å². The van der Waals surface area contributed by atoms with E-state index in [0.29, 0.717) is 17.4 Å². The van der Waals surface area contributed by atoms with Gasteiger partial charge in [0, 0.05) is 19.1 Å². The third-order valence-electron chi connectivity index (χ3n) is 3.25. The Morgan fingerprint density at radius 1 is 1.44 bits per heavy atom. The summed E-state index contributed by atoms with van der Waals surface area (Å²) >= 11 is 5.95. The molecule has 2 rings (SSSR count). The van der Waals surface area contributed by atoms with Gasteiger partial charge in [0.15, 0.2) is 6.29 Å². The first-order valence-corrected chi connectivity index (χ1v) is 6.42. The van der Waals surface area contributed by atoms with E-state index >= 15 is 0 Å². The van der Waals surface area contributed by atoms with Crippen molar-refractivity contribution in [3.63, 3.8) is 0 Å². The molecule has 1 aliphatic rings. The molecular formula is C12H17ClN4O. The molecule has 6 heteroatoms. The third-order valence-corrected chi connectivity index (χ3v) is 3.55. The Balaban J connectivity index is 2.35. The number of rotatable bonds is 2. The lowest BCUT2D eigenvalue weighted by atomic mass is 10.2. The molecule has 1 unspecified atom stereocenters. The van der Waals surface area contributed by atoms with Gasteiger partial charge in [0.05, 0.1) is 5.56 Å². The van der Waals surface area contributed by atoms with Crippen LogP contribution < -0.4 is 4.90 Å². The van der Waals surface area contributed by atoms with Crippen LogP contribution in [-0.2, 0) is 0 Å². The van der Waals surface area contributed by atoms with Crippen LogP contribution >= 0.6 is 11.6 Å². The summed E-state index contributed by atoms with van der Waals surface area (Å²) in [5, 5.41) is 0.222. The van der Waals surface area contributed by atoms with E-state index in [1.165, 1.54) is 6.33 Å². The summed E-state index contributed by atoms with van der Waals surface area (Å²) in [5.41, 5.74) is 0.385. The van der Waals surface area contributed by atoms with Gasteiger partial charge in [-0.15, -0.1) is 0 Å². The average Bonchev–Trinajstić information content (AvgIpc) is 2.49. The summed E-state index contributed by atoms with van der Waals surface area (Å²) < 4.78 is 0. The van der Waals surface area contributed by atoms with E-state index in [9.17, 15) is 4.79 Å². The fraction of sp³-hybridized carbons (Fsp3) is 0.583. The van der Waals surface area contributed by atoms with E-state index in [1.54, 1.807) is 0 Å². The predicted octanol–water partition coefficient (Wildman–Crippen LogP) is 1.47. The van der Waals surface area contributed by atoms with Gasteiger partial charge in [-0.1, -0.05) is 11.6 Å². The van der Waals surface area contributed by atoms with Gasteiger partial charge in [0.25, 0.3) is 0 Å². The number of hydrogen-bond donors (Lipinski definition) is 0. The number of likely N-dealkylation sites (N-methyl/N-ethyl adjacent to an activating group) is 1. The maximum atomic E-state index is 11.1. The predicted molar refractivity (Wildman–Crippen MR) is 71.4 cm³/mol. The molecule has 2 heterocycles.